The molecule has 0 aliphatic rings. The SMILES string of the molecule is CC(Cl)(Cl)[C@H](C(=O)Nc1ccc(Cl)c(C(=O)Nc2ncc(F)cc2F)c1)c1ccc(Cl)c(Cl)c1. The number of benzene rings is 2. The topological polar surface area (TPSA) is 71.1 Å². The van der Waals surface area contributed by atoms with Gasteiger partial charge in [-0.2, -0.15) is 0 Å². The van der Waals surface area contributed by atoms with Gasteiger partial charge in [-0.3, -0.25) is 9.59 Å². The molecule has 1 heterocycles. The van der Waals surface area contributed by atoms with Crippen LogP contribution in [-0.4, -0.2) is 21.1 Å². The number of carbonyl (C=O) groups is 2. The monoisotopic (exact) mass is 565 g/mol. The molecule has 2 N–H and O–H groups in total. The number of hydrogen-bond acceptors (Lipinski definition) is 3. The van der Waals surface area contributed by atoms with Crippen molar-refractivity contribution in [1.29, 1.82) is 0 Å². The van der Waals surface area contributed by atoms with Gasteiger partial charge in [-0.15, -0.1) is 23.2 Å². The standard InChI is InChI=1S/C22H14Cl5F2N3O2/c1-22(26,27)18(10-2-4-15(24)16(25)6-10)21(34)31-12-3-5-14(23)13(8-12)20(33)32-19-17(29)7-11(28)9-30-19/h2-9,18H,1H3,(H,31,34)(H,30,32,33)/t18-/m0/s1. The summed E-state index contributed by atoms with van der Waals surface area (Å²) >= 11 is 30.7. The number of pyridine rings is 1. The van der Waals surface area contributed by atoms with Crippen LogP contribution < -0.4 is 10.6 Å². The lowest BCUT2D eigenvalue weighted by atomic mass is 9.94. The number of hydrogen-bond donors (Lipinski definition) is 2. The number of amides is 2. The fraction of sp³-hybridized carbons (Fsp3) is 0.136. The number of nitrogens with one attached hydrogen (secondary N) is 2. The van der Waals surface area contributed by atoms with E-state index in [0.717, 1.165) is 6.20 Å². The molecular formula is C22H14Cl5F2N3O2. The average molecular weight is 568 g/mol. The first-order valence-electron chi connectivity index (χ1n) is 9.42. The summed E-state index contributed by atoms with van der Waals surface area (Å²) in [7, 11) is 0. The molecule has 2 aromatic carbocycles. The molecular weight excluding hydrogens is 554 g/mol. The van der Waals surface area contributed by atoms with Gasteiger partial charge in [0.2, 0.25) is 5.91 Å². The van der Waals surface area contributed by atoms with E-state index >= 15 is 0 Å². The molecule has 3 rings (SSSR count). The third-order valence-electron chi connectivity index (χ3n) is 4.56. The zero-order valence-corrected chi connectivity index (χ0v) is 20.9. The molecule has 0 aliphatic carbocycles. The van der Waals surface area contributed by atoms with Crippen LogP contribution in [0.15, 0.2) is 48.7 Å². The van der Waals surface area contributed by atoms with Crippen LogP contribution in [0.3, 0.4) is 0 Å². The van der Waals surface area contributed by atoms with Gasteiger partial charge in [0, 0.05) is 11.8 Å². The summed E-state index contributed by atoms with van der Waals surface area (Å²) < 4.78 is 25.4. The largest absolute Gasteiger partial charge is 0.325 e. The van der Waals surface area contributed by atoms with E-state index in [1.54, 1.807) is 6.07 Å². The second-order valence-electron chi connectivity index (χ2n) is 7.18. The molecule has 1 aromatic heterocycles. The molecule has 0 saturated carbocycles. The summed E-state index contributed by atoms with van der Waals surface area (Å²) in [6, 6.07) is 9.18. The van der Waals surface area contributed by atoms with Gasteiger partial charge in [0.25, 0.3) is 5.91 Å². The Morgan fingerprint density at radius 3 is 2.24 bits per heavy atom. The van der Waals surface area contributed by atoms with Crippen molar-refractivity contribution < 1.29 is 18.4 Å². The van der Waals surface area contributed by atoms with Gasteiger partial charge in [0.1, 0.15) is 10.2 Å². The van der Waals surface area contributed by atoms with Gasteiger partial charge >= 0.3 is 0 Å². The first-order chi connectivity index (χ1) is 15.9. The maximum absolute atomic E-state index is 13.8. The van der Waals surface area contributed by atoms with Crippen molar-refractivity contribution in [3.63, 3.8) is 0 Å². The molecule has 0 aliphatic heterocycles. The normalized spacial score (nSPS) is 12.2. The molecule has 178 valence electrons. The van der Waals surface area contributed by atoms with Gasteiger partial charge < -0.3 is 10.6 Å². The highest BCUT2D eigenvalue weighted by Gasteiger charge is 2.37. The summed E-state index contributed by atoms with van der Waals surface area (Å²) in [6.45, 7) is 1.44. The van der Waals surface area contributed by atoms with E-state index in [2.05, 4.69) is 15.6 Å². The summed E-state index contributed by atoms with van der Waals surface area (Å²) in [5.74, 6) is -4.97. The smallest absolute Gasteiger partial charge is 0.258 e. The Bertz CT molecular complexity index is 1270. The van der Waals surface area contributed by atoms with Gasteiger partial charge in [-0.05, 0) is 42.8 Å². The molecule has 0 unspecified atom stereocenters. The number of carbonyl (C=O) groups excluding carboxylic acids is 2. The number of anilines is 2. The Morgan fingerprint density at radius 1 is 0.941 bits per heavy atom. The number of aromatic nitrogens is 1. The van der Waals surface area contributed by atoms with Crippen molar-refractivity contribution in [3.8, 4) is 0 Å². The van der Waals surface area contributed by atoms with Crippen LogP contribution in [0.5, 0.6) is 0 Å². The zero-order chi connectivity index (χ0) is 25.2. The zero-order valence-electron chi connectivity index (χ0n) is 17.1. The molecule has 34 heavy (non-hydrogen) atoms. The number of halogens is 7. The Kier molecular flexibility index (Phi) is 8.26. The van der Waals surface area contributed by atoms with Crippen molar-refractivity contribution in [2.45, 2.75) is 17.2 Å². The maximum atomic E-state index is 13.8. The average Bonchev–Trinajstić information content (AvgIpc) is 2.73. The molecule has 5 nitrogen and oxygen atoms in total. The highest BCUT2D eigenvalue weighted by atomic mass is 35.5. The van der Waals surface area contributed by atoms with Crippen molar-refractivity contribution in [3.05, 3.63) is 86.5 Å². The molecule has 3 aromatic rings. The lowest BCUT2D eigenvalue weighted by Gasteiger charge is -2.26. The molecule has 1 atom stereocenters. The lowest BCUT2D eigenvalue weighted by Crippen LogP contribution is -2.32. The van der Waals surface area contributed by atoms with Crippen molar-refractivity contribution in [1.82, 2.24) is 4.98 Å². The highest BCUT2D eigenvalue weighted by molar-refractivity contribution is 6.50. The molecule has 0 spiro atoms. The van der Waals surface area contributed by atoms with E-state index in [9.17, 15) is 18.4 Å². The van der Waals surface area contributed by atoms with E-state index in [4.69, 9.17) is 58.0 Å². The van der Waals surface area contributed by atoms with E-state index in [0.29, 0.717) is 11.6 Å². The fourth-order valence-corrected chi connectivity index (χ4v) is 4.00. The van der Waals surface area contributed by atoms with Crippen LogP contribution in [0, 0.1) is 11.6 Å². The minimum absolute atomic E-state index is 0.0126. The second-order valence-corrected chi connectivity index (χ2v) is 10.2. The summed E-state index contributed by atoms with van der Waals surface area (Å²) in [5, 5.41) is 5.34. The van der Waals surface area contributed by atoms with Gasteiger partial charge in [-0.1, -0.05) is 40.9 Å². The van der Waals surface area contributed by atoms with E-state index < -0.39 is 39.5 Å². The molecule has 0 bridgehead atoms. The third-order valence-corrected chi connectivity index (χ3v) is 6.07. The third kappa shape index (κ3) is 6.29. The molecule has 0 radical (unpaired) electrons. The summed E-state index contributed by atoms with van der Waals surface area (Å²) in [4.78, 5) is 29.2. The van der Waals surface area contributed by atoms with E-state index in [1.165, 1.54) is 37.3 Å². The highest BCUT2D eigenvalue weighted by Crippen LogP contribution is 2.40. The van der Waals surface area contributed by atoms with Gasteiger partial charge in [0.05, 0.1) is 32.7 Å². The number of rotatable bonds is 6. The predicted molar refractivity (Wildman–Crippen MR) is 132 cm³/mol. The predicted octanol–water partition coefficient (Wildman–Crippen LogP) is 7.49. The maximum Gasteiger partial charge on any atom is 0.258 e. The molecule has 0 saturated heterocycles. The minimum Gasteiger partial charge on any atom is -0.325 e. The van der Waals surface area contributed by atoms with Crippen molar-refractivity contribution >= 4 is 81.3 Å². The molecule has 2 amide bonds. The second kappa shape index (κ2) is 10.6. The van der Waals surface area contributed by atoms with E-state index in [1.807, 2.05) is 0 Å². The van der Waals surface area contributed by atoms with Crippen LogP contribution in [0.4, 0.5) is 20.3 Å². The Morgan fingerprint density at radius 2 is 1.62 bits per heavy atom. The lowest BCUT2D eigenvalue weighted by molar-refractivity contribution is -0.117. The van der Waals surface area contributed by atoms with Crippen molar-refractivity contribution in [2.24, 2.45) is 0 Å². The van der Waals surface area contributed by atoms with E-state index in [-0.39, 0.29) is 26.3 Å². The molecule has 12 heteroatoms. The number of alkyl halides is 2. The Hall–Kier alpha value is -2.16. The summed E-state index contributed by atoms with van der Waals surface area (Å²) in [6.07, 6.45) is 0.745. The fourth-order valence-electron chi connectivity index (χ4n) is 3.04. The van der Waals surface area contributed by atoms with Gasteiger partial charge in [-0.25, -0.2) is 13.8 Å². The minimum atomic E-state index is -1.54. The van der Waals surface area contributed by atoms with Crippen LogP contribution in [-0.2, 0) is 4.79 Å². The first kappa shape index (κ1) is 26.4. The molecule has 0 fully saturated rings. The van der Waals surface area contributed by atoms with Crippen LogP contribution in [0.2, 0.25) is 15.1 Å². The van der Waals surface area contributed by atoms with Crippen LogP contribution in [0.1, 0.15) is 28.8 Å². The quantitative estimate of drug-likeness (QED) is 0.303. The Balaban J connectivity index is 1.87. The number of nitrogens with zero attached hydrogens (tertiary/aromatic N) is 1. The van der Waals surface area contributed by atoms with Crippen LogP contribution >= 0.6 is 58.0 Å². The summed E-state index contributed by atoms with van der Waals surface area (Å²) in [5.41, 5.74) is 0.481. The van der Waals surface area contributed by atoms with Gasteiger partial charge in [0.15, 0.2) is 11.6 Å². The Labute approximate surface area is 218 Å². The first-order valence-corrected chi connectivity index (χ1v) is 11.3. The van der Waals surface area contributed by atoms with Crippen molar-refractivity contribution in [2.75, 3.05) is 10.6 Å². The van der Waals surface area contributed by atoms with Crippen LogP contribution in [0.25, 0.3) is 0 Å².